The molecule has 22 aromatic carbocycles. The van der Waals surface area contributed by atoms with Crippen LogP contribution in [-0.2, 0) is 21.7 Å². The lowest BCUT2D eigenvalue weighted by atomic mass is 9.67. The number of hydrogen-bond acceptors (Lipinski definition) is 4. The standard InChI is InChI=1S/C70H53NO.C70H51NO/c1-69(2)63-22-10-11-23-67(63)72-68-41-32-54(44-66(68)69)49-28-37-58(38-29-49)71(56-33-24-47(25-34-56)52-19-12-18-51(42-52)46-14-6-5-7-15-46)57-35-26-48(27-36-57)53-30-39-61-62-40-31-55(45-65(62)70(3,4)64(61)43-53)60-21-13-17-50-16-8-9-20-59(50)60;1-69(2)64-27-14-15-28-67(64)72-68-44-36-55(47-66(68)69)51-33-41-60(42-34-51)71(58-37-29-49(30-38-58)53-20-16-19-52(45-53)48-17-6-3-7-18-48)59-39-31-50(32-40-59)54-35-43-62-61-25-12-13-26-63(61)70(65(62)46-54,56-21-8-4-9-22-56)57-23-10-5-11-24-57/h5-45H,1-4H3;3-47H,1-2H3. The minimum Gasteiger partial charge on any atom is -0.457 e. The topological polar surface area (TPSA) is 24.9 Å². The minimum atomic E-state index is -0.461. The zero-order valence-corrected chi connectivity index (χ0v) is 81.4. The first-order valence-electron chi connectivity index (χ1n) is 50.1. The predicted octanol–water partition coefficient (Wildman–Crippen LogP) is 38.0. The normalized spacial score (nSPS) is 13.5. The number of ether oxygens (including phenoxy) is 2. The summed E-state index contributed by atoms with van der Waals surface area (Å²) in [5, 5.41) is 2.55. The van der Waals surface area contributed by atoms with Crippen LogP contribution in [-0.4, -0.2) is 0 Å². The third-order valence-electron chi connectivity index (χ3n) is 30.8. The Bertz CT molecular complexity index is 8600. The Balaban J connectivity index is 0.000000151. The van der Waals surface area contributed by atoms with Crippen molar-refractivity contribution in [1.82, 2.24) is 0 Å². The lowest BCUT2D eigenvalue weighted by molar-refractivity contribution is 0.418. The molecule has 686 valence electrons. The Morgan fingerprint density at radius 1 is 0.153 bits per heavy atom. The van der Waals surface area contributed by atoms with Crippen LogP contribution in [0.25, 0.3) is 133 Å². The molecule has 144 heavy (non-hydrogen) atoms. The molecule has 0 amide bonds. The van der Waals surface area contributed by atoms with E-state index in [0.29, 0.717) is 0 Å². The van der Waals surface area contributed by atoms with E-state index in [1.807, 2.05) is 12.1 Å². The van der Waals surface area contributed by atoms with E-state index < -0.39 is 5.41 Å². The molecule has 0 spiro atoms. The van der Waals surface area contributed by atoms with E-state index >= 15 is 0 Å². The highest BCUT2D eigenvalue weighted by molar-refractivity contribution is 5.99. The molecule has 2 aliphatic carbocycles. The van der Waals surface area contributed by atoms with Gasteiger partial charge >= 0.3 is 0 Å². The number of hydrogen-bond donors (Lipinski definition) is 0. The van der Waals surface area contributed by atoms with Crippen molar-refractivity contribution >= 4 is 44.9 Å². The number of benzene rings is 22. The fraction of sp³-hybridized carbons (Fsp3) is 0.0714. The van der Waals surface area contributed by atoms with Gasteiger partial charge in [0.25, 0.3) is 0 Å². The molecule has 4 heteroatoms. The van der Waals surface area contributed by atoms with Gasteiger partial charge in [0.2, 0.25) is 0 Å². The van der Waals surface area contributed by atoms with Gasteiger partial charge in [-0.25, -0.2) is 0 Å². The highest BCUT2D eigenvalue weighted by Crippen LogP contribution is 2.59. The monoisotopic (exact) mass is 1840 g/mol. The molecule has 0 radical (unpaired) electrons. The second-order valence-corrected chi connectivity index (χ2v) is 40.2. The minimum absolute atomic E-state index is 0.159. The average molecular weight is 1850 g/mol. The molecule has 26 rings (SSSR count). The molecular weight excluding hydrogens is 1740 g/mol. The maximum atomic E-state index is 6.42. The first-order valence-corrected chi connectivity index (χ1v) is 50.1. The Hall–Kier alpha value is -17.7. The zero-order chi connectivity index (χ0) is 96.8. The zero-order valence-electron chi connectivity index (χ0n) is 81.4. The number of para-hydroxylation sites is 2. The summed E-state index contributed by atoms with van der Waals surface area (Å²) in [6, 6.07) is 191. The van der Waals surface area contributed by atoms with Crippen LogP contribution >= 0.6 is 0 Å². The van der Waals surface area contributed by atoms with Gasteiger partial charge in [-0.3, -0.25) is 0 Å². The van der Waals surface area contributed by atoms with E-state index in [1.165, 1.54) is 172 Å². The molecule has 0 saturated heterocycles. The van der Waals surface area contributed by atoms with Crippen LogP contribution in [0.5, 0.6) is 23.0 Å². The van der Waals surface area contributed by atoms with Gasteiger partial charge in [0.1, 0.15) is 23.0 Å². The Morgan fingerprint density at radius 2 is 0.396 bits per heavy atom. The number of rotatable bonds is 17. The van der Waals surface area contributed by atoms with E-state index in [4.69, 9.17) is 9.47 Å². The number of anilines is 6. The molecule has 0 fully saturated rings. The maximum absolute atomic E-state index is 6.42. The van der Waals surface area contributed by atoms with Crippen LogP contribution in [0.15, 0.2) is 522 Å². The van der Waals surface area contributed by atoms with Crippen LogP contribution in [0.2, 0.25) is 0 Å². The van der Waals surface area contributed by atoms with Crippen LogP contribution in [0, 0.1) is 0 Å². The highest BCUT2D eigenvalue weighted by atomic mass is 16.5. The molecular formula is C140H104N2O2. The summed E-state index contributed by atoms with van der Waals surface area (Å²) in [5.41, 5.74) is 44.9. The molecule has 4 aliphatic rings. The largest absolute Gasteiger partial charge is 0.457 e. The van der Waals surface area contributed by atoms with E-state index in [1.54, 1.807) is 0 Å². The number of fused-ring (bicyclic) bond motifs is 11. The van der Waals surface area contributed by atoms with Crippen LogP contribution < -0.4 is 19.3 Å². The molecule has 0 bridgehead atoms. The Labute approximate surface area is 844 Å². The molecule has 4 nitrogen and oxygen atoms in total. The summed E-state index contributed by atoms with van der Waals surface area (Å²) in [7, 11) is 0. The third kappa shape index (κ3) is 15.5. The fourth-order valence-electron chi connectivity index (χ4n) is 23.2. The van der Waals surface area contributed by atoms with Gasteiger partial charge in [-0.15, -0.1) is 0 Å². The van der Waals surface area contributed by atoms with Crippen molar-refractivity contribution in [2.75, 3.05) is 9.80 Å². The molecule has 0 unspecified atom stereocenters. The lowest BCUT2D eigenvalue weighted by Gasteiger charge is -2.34. The molecule has 2 heterocycles. The average Bonchev–Trinajstić information content (AvgIpc) is 1.54. The summed E-state index contributed by atoms with van der Waals surface area (Å²) in [5.74, 6) is 3.70. The summed E-state index contributed by atoms with van der Waals surface area (Å²) < 4.78 is 12.8. The van der Waals surface area contributed by atoms with Crippen molar-refractivity contribution in [3.8, 4) is 145 Å². The van der Waals surface area contributed by atoms with Crippen molar-refractivity contribution in [1.29, 1.82) is 0 Å². The van der Waals surface area contributed by atoms with Crippen LogP contribution in [0.3, 0.4) is 0 Å². The van der Waals surface area contributed by atoms with Crippen molar-refractivity contribution in [2.45, 2.75) is 63.2 Å². The summed E-state index contributed by atoms with van der Waals surface area (Å²) in [6.45, 7) is 13.9. The Morgan fingerprint density at radius 3 is 0.799 bits per heavy atom. The quantitative estimate of drug-likeness (QED) is 0.0907. The summed E-state index contributed by atoms with van der Waals surface area (Å²) in [4.78, 5) is 4.74. The highest BCUT2D eigenvalue weighted by Gasteiger charge is 2.47. The molecule has 0 N–H and O–H groups in total. The van der Waals surface area contributed by atoms with Gasteiger partial charge in [-0.1, -0.05) is 424 Å². The lowest BCUT2D eigenvalue weighted by Crippen LogP contribution is -2.28. The van der Waals surface area contributed by atoms with Crippen molar-refractivity contribution < 1.29 is 9.47 Å². The van der Waals surface area contributed by atoms with Gasteiger partial charge in [-0.05, 0) is 306 Å². The summed E-state index contributed by atoms with van der Waals surface area (Å²) in [6.07, 6.45) is 0. The van der Waals surface area contributed by atoms with Gasteiger partial charge in [-0.2, -0.15) is 0 Å². The Kier molecular flexibility index (Phi) is 21.9. The van der Waals surface area contributed by atoms with Crippen molar-refractivity contribution in [2.24, 2.45) is 0 Å². The molecule has 22 aromatic rings. The van der Waals surface area contributed by atoms with Gasteiger partial charge in [0, 0.05) is 72.6 Å². The predicted molar refractivity (Wildman–Crippen MR) is 601 cm³/mol. The molecule has 2 aliphatic heterocycles. The first kappa shape index (κ1) is 87.8. The fourth-order valence-corrected chi connectivity index (χ4v) is 23.2. The molecule has 0 aromatic heterocycles. The van der Waals surface area contributed by atoms with E-state index in [0.717, 1.165) is 73.8 Å². The maximum Gasteiger partial charge on any atom is 0.131 e. The van der Waals surface area contributed by atoms with E-state index in [2.05, 4.69) is 561 Å². The number of nitrogens with zero attached hydrogens (tertiary/aromatic N) is 2. The first-order chi connectivity index (χ1) is 70.6. The van der Waals surface area contributed by atoms with Crippen LogP contribution in [0.1, 0.15) is 97.2 Å². The van der Waals surface area contributed by atoms with Crippen LogP contribution in [0.4, 0.5) is 34.1 Å². The van der Waals surface area contributed by atoms with Gasteiger partial charge in [0.15, 0.2) is 0 Å². The van der Waals surface area contributed by atoms with E-state index in [-0.39, 0.29) is 16.2 Å². The van der Waals surface area contributed by atoms with E-state index in [9.17, 15) is 0 Å². The second-order valence-electron chi connectivity index (χ2n) is 40.2. The van der Waals surface area contributed by atoms with Crippen molar-refractivity contribution in [3.63, 3.8) is 0 Å². The smallest absolute Gasteiger partial charge is 0.131 e. The summed E-state index contributed by atoms with van der Waals surface area (Å²) >= 11 is 0. The molecule has 0 saturated carbocycles. The second kappa shape index (κ2) is 35.9. The molecule has 0 atom stereocenters. The van der Waals surface area contributed by atoms with Gasteiger partial charge < -0.3 is 19.3 Å². The third-order valence-corrected chi connectivity index (χ3v) is 30.8. The van der Waals surface area contributed by atoms with Gasteiger partial charge in [0.05, 0.1) is 5.41 Å². The van der Waals surface area contributed by atoms with Crippen molar-refractivity contribution in [3.05, 3.63) is 577 Å². The SMILES string of the molecule is CC1(C)c2ccccc2Oc2ccc(-c3ccc(N(c4ccc(-c5cccc(-c6ccccc6)c5)cc4)c4ccc(-c5ccc6c(c5)C(C)(C)c5cc(-c7cccc8ccccc78)ccc5-6)cc4)cc3)cc21.CC1(C)c2ccccc2Oc2ccc(-c3ccc(N(c4ccc(-c5cccc(-c6ccccc6)c5)cc4)c4ccc(-c5ccc6c(c5)C(c5ccccc5)(c5ccccc5)c5ccccc5-6)cc4)cc3)cc21.